The predicted octanol–water partition coefficient (Wildman–Crippen LogP) is 7.19. The van der Waals surface area contributed by atoms with Gasteiger partial charge in [0, 0.05) is 6.42 Å². The van der Waals surface area contributed by atoms with Crippen LogP contribution in [0.5, 0.6) is 0 Å². The number of hydrogen-bond donors (Lipinski definition) is 3. The molecule has 0 aliphatic carbocycles. The molecule has 14 heteroatoms. The van der Waals surface area contributed by atoms with Gasteiger partial charge in [-0.15, -0.1) is 0 Å². The van der Waals surface area contributed by atoms with E-state index < -0.39 is 7.82 Å². The molecular formula is C25H53O13P. The first-order valence-corrected chi connectivity index (χ1v) is 15.6. The Bertz CT molecular complexity index is 526. The lowest BCUT2D eigenvalue weighted by Crippen LogP contribution is -2.03. The topological polar surface area (TPSA) is 161 Å². The van der Waals surface area contributed by atoms with Crippen LogP contribution in [-0.2, 0) is 49.3 Å². The average molecular weight is 593 g/mol. The van der Waals surface area contributed by atoms with Crippen LogP contribution in [0.25, 0.3) is 0 Å². The van der Waals surface area contributed by atoms with Crippen LogP contribution in [0.3, 0.4) is 0 Å². The average Bonchev–Trinajstić information content (AvgIpc) is 2.88. The Morgan fingerprint density at radius 1 is 0.590 bits per heavy atom. The molecule has 13 nitrogen and oxygen atoms in total. The van der Waals surface area contributed by atoms with Crippen molar-refractivity contribution in [3.63, 3.8) is 0 Å². The van der Waals surface area contributed by atoms with E-state index in [0.29, 0.717) is 31.8 Å². The highest BCUT2D eigenvalue weighted by Crippen LogP contribution is 2.25. The van der Waals surface area contributed by atoms with Crippen molar-refractivity contribution in [2.75, 3.05) is 20.3 Å². The summed E-state index contributed by atoms with van der Waals surface area (Å²) < 4.78 is 8.88. The molecule has 0 heterocycles. The third-order valence-corrected chi connectivity index (χ3v) is 5.41. The first kappa shape index (κ1) is 40.5. The van der Waals surface area contributed by atoms with Crippen molar-refractivity contribution in [3.05, 3.63) is 12.3 Å². The fraction of sp³-hybridized carbons (Fsp3) is 0.920. The Balaban J connectivity index is 0. The molecule has 39 heavy (non-hydrogen) atoms. The molecule has 0 bridgehead atoms. The largest absolute Gasteiger partial charge is 0.466 e. The molecule has 0 aliphatic heterocycles. The van der Waals surface area contributed by atoms with E-state index in [2.05, 4.69) is 48.5 Å². The van der Waals surface area contributed by atoms with E-state index in [1.54, 1.807) is 0 Å². The minimum absolute atomic E-state index is 0.293. The lowest BCUT2D eigenvalue weighted by atomic mass is 10.0. The van der Waals surface area contributed by atoms with Gasteiger partial charge in [-0.2, -0.15) is 4.89 Å². The van der Waals surface area contributed by atoms with Crippen LogP contribution in [-0.4, -0.2) is 35.0 Å². The number of phosphoric acid groups is 1. The standard InChI is InChI=1S/C25H50O9.H3O4P/c1-4-5-6-7-8-9-10-11-12-13-14-15-16-17-18-20-23-27-31-33-34-32-28-24-21-19-22-25(2)29-30-26-3;1-5(2,3)4/h2,4-24H2,1,3H3;(H3,1,2,3,4). The lowest BCUT2D eigenvalue weighted by Gasteiger charge is -2.05. The van der Waals surface area contributed by atoms with Crippen LogP contribution in [0.15, 0.2) is 12.3 Å². The van der Waals surface area contributed by atoms with Crippen LogP contribution in [0.2, 0.25) is 0 Å². The maximum Gasteiger partial charge on any atom is 0.466 e. The van der Waals surface area contributed by atoms with E-state index in [4.69, 9.17) is 29.0 Å². The van der Waals surface area contributed by atoms with E-state index in [-0.39, 0.29) is 0 Å². The molecule has 0 aromatic rings. The second-order valence-corrected chi connectivity index (χ2v) is 10.1. The lowest BCUT2D eigenvalue weighted by molar-refractivity contribution is -0.756. The van der Waals surface area contributed by atoms with Crippen LogP contribution in [0.1, 0.15) is 129 Å². The summed E-state index contributed by atoms with van der Waals surface area (Å²) in [6, 6.07) is 0. The summed E-state index contributed by atoms with van der Waals surface area (Å²) in [6.45, 7) is 6.65. The van der Waals surface area contributed by atoms with Gasteiger partial charge in [0.15, 0.2) is 0 Å². The van der Waals surface area contributed by atoms with E-state index in [1.807, 2.05) is 0 Å². The van der Waals surface area contributed by atoms with Crippen LogP contribution in [0, 0.1) is 0 Å². The minimum atomic E-state index is -4.64. The van der Waals surface area contributed by atoms with Gasteiger partial charge >= 0.3 is 7.82 Å². The summed E-state index contributed by atoms with van der Waals surface area (Å²) in [5.41, 5.74) is 0. The molecule has 0 spiro atoms. The highest BCUT2D eigenvalue weighted by Gasteiger charge is 2.01. The molecular weight excluding hydrogens is 539 g/mol. The van der Waals surface area contributed by atoms with Crippen molar-refractivity contribution >= 4 is 7.82 Å². The molecule has 0 aromatic heterocycles. The number of rotatable bonds is 30. The molecule has 0 saturated carbocycles. The van der Waals surface area contributed by atoms with Gasteiger partial charge < -0.3 is 19.6 Å². The van der Waals surface area contributed by atoms with Gasteiger partial charge in [0.1, 0.15) is 5.76 Å². The molecule has 3 N–H and O–H groups in total. The van der Waals surface area contributed by atoms with Gasteiger partial charge in [-0.25, -0.2) is 14.3 Å². The van der Waals surface area contributed by atoms with Crippen molar-refractivity contribution in [2.45, 2.75) is 129 Å². The zero-order valence-corrected chi connectivity index (χ0v) is 24.8. The Morgan fingerprint density at radius 3 is 1.33 bits per heavy atom. The van der Waals surface area contributed by atoms with Crippen molar-refractivity contribution < 1.29 is 64.0 Å². The monoisotopic (exact) mass is 592 g/mol. The van der Waals surface area contributed by atoms with Crippen molar-refractivity contribution in [1.29, 1.82) is 0 Å². The zero-order chi connectivity index (χ0) is 29.3. The zero-order valence-electron chi connectivity index (χ0n) is 23.9. The maximum absolute atomic E-state index is 8.88. The van der Waals surface area contributed by atoms with Crippen molar-refractivity contribution in [3.8, 4) is 0 Å². The summed E-state index contributed by atoms with van der Waals surface area (Å²) >= 11 is 0. The summed E-state index contributed by atoms with van der Waals surface area (Å²) in [4.78, 5) is 40.1. The van der Waals surface area contributed by atoms with Gasteiger partial charge in [0.05, 0.1) is 20.3 Å². The minimum Gasteiger partial charge on any atom is -0.314 e. The first-order valence-electron chi connectivity index (χ1n) is 14.1. The Hall–Kier alpha value is -0.670. The highest BCUT2D eigenvalue weighted by atomic mass is 31.2. The van der Waals surface area contributed by atoms with Crippen LogP contribution >= 0.6 is 7.82 Å². The second kappa shape index (κ2) is 33.5. The molecule has 236 valence electrons. The van der Waals surface area contributed by atoms with Gasteiger partial charge in [-0.1, -0.05) is 110 Å². The van der Waals surface area contributed by atoms with E-state index in [1.165, 1.54) is 97.0 Å². The van der Waals surface area contributed by atoms with Crippen LogP contribution in [0.4, 0.5) is 0 Å². The smallest absolute Gasteiger partial charge is 0.314 e. The Labute approximate surface area is 233 Å². The Morgan fingerprint density at radius 2 is 0.949 bits per heavy atom. The Kier molecular flexibility index (Phi) is 34.8. The van der Waals surface area contributed by atoms with E-state index >= 15 is 0 Å². The normalized spacial score (nSPS) is 11.3. The summed E-state index contributed by atoms with van der Waals surface area (Å²) in [5.74, 6) is 0.456. The molecule has 0 atom stereocenters. The van der Waals surface area contributed by atoms with Crippen molar-refractivity contribution in [1.82, 2.24) is 0 Å². The first-order chi connectivity index (χ1) is 18.8. The molecule has 0 aromatic carbocycles. The molecule has 0 unspecified atom stereocenters. The van der Waals surface area contributed by atoms with Gasteiger partial charge in [0.25, 0.3) is 0 Å². The van der Waals surface area contributed by atoms with E-state index in [9.17, 15) is 0 Å². The van der Waals surface area contributed by atoms with Gasteiger partial charge in [-0.3, -0.25) is 0 Å². The molecule has 0 amide bonds. The summed E-state index contributed by atoms with van der Waals surface area (Å²) in [6.07, 6.45) is 23.3. The number of hydrogen-bond acceptors (Lipinski definition) is 10. The predicted molar refractivity (Wildman–Crippen MR) is 142 cm³/mol. The molecule has 0 saturated heterocycles. The fourth-order valence-corrected chi connectivity index (χ4v) is 3.45. The number of unbranched alkanes of at least 4 members (excludes halogenated alkanes) is 16. The third-order valence-electron chi connectivity index (χ3n) is 5.41. The second-order valence-electron chi connectivity index (χ2n) is 9.05. The van der Waals surface area contributed by atoms with E-state index in [0.717, 1.165) is 19.3 Å². The van der Waals surface area contributed by atoms with Gasteiger partial charge in [0.2, 0.25) is 0 Å². The quantitative estimate of drug-likeness (QED) is 0.0253. The van der Waals surface area contributed by atoms with Crippen LogP contribution < -0.4 is 0 Å². The molecule has 0 fully saturated rings. The van der Waals surface area contributed by atoms with Crippen molar-refractivity contribution in [2.24, 2.45) is 0 Å². The fourth-order valence-electron chi connectivity index (χ4n) is 3.45. The molecule has 0 aliphatic rings. The third kappa shape index (κ3) is 47.5. The highest BCUT2D eigenvalue weighted by molar-refractivity contribution is 7.45. The van der Waals surface area contributed by atoms with Gasteiger partial charge in [-0.05, 0) is 44.5 Å². The summed E-state index contributed by atoms with van der Waals surface area (Å²) in [7, 11) is -3.29. The molecule has 0 radical (unpaired) electrons. The number of allylic oxidation sites excluding steroid dienone is 1. The molecule has 0 rings (SSSR count). The SMILES string of the molecule is C=C(CCCCOOOOOOCCCCCCCCCCCCCCCCCC)OOOC.O=P(O)(O)O. The summed E-state index contributed by atoms with van der Waals surface area (Å²) in [5, 5.41) is 21.4. The maximum atomic E-state index is 8.88.